The molecule has 0 unspecified atom stereocenters. The zero-order chi connectivity index (χ0) is 12.1. The normalized spacial score (nSPS) is 11.0. The van der Waals surface area contributed by atoms with Gasteiger partial charge in [0, 0.05) is 12.5 Å². The zero-order valence-electron chi connectivity index (χ0n) is 10.5. The lowest BCUT2D eigenvalue weighted by Crippen LogP contribution is -2.05. The first-order valence-electron chi connectivity index (χ1n) is 6.19. The number of aromatic nitrogens is 3. The van der Waals surface area contributed by atoms with Gasteiger partial charge in [0.25, 0.3) is 0 Å². The average molecular weight is 229 g/mol. The van der Waals surface area contributed by atoms with E-state index in [9.17, 15) is 0 Å². The van der Waals surface area contributed by atoms with Gasteiger partial charge < -0.3 is 4.57 Å². The van der Waals surface area contributed by atoms with Gasteiger partial charge in [-0.05, 0) is 32.3 Å². The van der Waals surface area contributed by atoms with Gasteiger partial charge in [0.15, 0.2) is 0 Å². The Bertz CT molecular complexity index is 446. The van der Waals surface area contributed by atoms with Gasteiger partial charge in [-0.3, -0.25) is 0 Å². The number of nitrogens with zero attached hydrogens (tertiary/aromatic N) is 3. The van der Waals surface area contributed by atoms with E-state index < -0.39 is 0 Å². The maximum atomic E-state index is 4.18. The molecule has 3 nitrogen and oxygen atoms in total. The Morgan fingerprint density at radius 3 is 2.59 bits per heavy atom. The summed E-state index contributed by atoms with van der Waals surface area (Å²) in [6, 6.07) is 11.0. The summed E-state index contributed by atoms with van der Waals surface area (Å²) in [4.78, 5) is 0. The maximum absolute atomic E-state index is 4.18. The summed E-state index contributed by atoms with van der Waals surface area (Å²) in [5.74, 6) is 1.09. The minimum absolute atomic E-state index is 0.441. The van der Waals surface area contributed by atoms with Crippen molar-refractivity contribution >= 4 is 0 Å². The third kappa shape index (κ3) is 3.16. The highest BCUT2D eigenvalue weighted by Gasteiger charge is 2.06. The van der Waals surface area contributed by atoms with Gasteiger partial charge in [0.1, 0.15) is 12.2 Å². The molecule has 0 aliphatic carbocycles. The fourth-order valence-corrected chi connectivity index (χ4v) is 1.97. The van der Waals surface area contributed by atoms with E-state index in [1.54, 1.807) is 0 Å². The van der Waals surface area contributed by atoms with Crippen LogP contribution in [-0.4, -0.2) is 14.8 Å². The van der Waals surface area contributed by atoms with Crippen LogP contribution in [0, 0.1) is 0 Å². The van der Waals surface area contributed by atoms with Crippen molar-refractivity contribution in [1.29, 1.82) is 0 Å². The molecule has 17 heavy (non-hydrogen) atoms. The molecule has 0 spiro atoms. The van der Waals surface area contributed by atoms with E-state index in [0.717, 1.165) is 25.1 Å². The summed E-state index contributed by atoms with van der Waals surface area (Å²) in [5.41, 5.74) is 1.39. The molecule has 0 saturated heterocycles. The Balaban J connectivity index is 1.88. The fourth-order valence-electron chi connectivity index (χ4n) is 1.97. The van der Waals surface area contributed by atoms with E-state index in [-0.39, 0.29) is 0 Å². The first kappa shape index (κ1) is 11.8. The molecular weight excluding hydrogens is 210 g/mol. The molecule has 0 N–H and O–H groups in total. The van der Waals surface area contributed by atoms with Crippen LogP contribution >= 0.6 is 0 Å². The van der Waals surface area contributed by atoms with E-state index in [4.69, 9.17) is 0 Å². The Labute approximate surface area is 103 Å². The van der Waals surface area contributed by atoms with Crippen LogP contribution in [-0.2, 0) is 12.8 Å². The van der Waals surface area contributed by atoms with Crippen molar-refractivity contribution in [2.45, 2.75) is 39.2 Å². The second-order valence-electron chi connectivity index (χ2n) is 4.59. The van der Waals surface area contributed by atoms with E-state index in [1.165, 1.54) is 5.56 Å². The first-order chi connectivity index (χ1) is 8.27. The summed E-state index contributed by atoms with van der Waals surface area (Å²) in [7, 11) is 0. The summed E-state index contributed by atoms with van der Waals surface area (Å²) >= 11 is 0. The molecular formula is C14H19N3. The van der Waals surface area contributed by atoms with E-state index in [0.29, 0.717) is 6.04 Å². The lowest BCUT2D eigenvalue weighted by molar-refractivity contribution is 0.560. The highest BCUT2D eigenvalue weighted by Crippen LogP contribution is 2.10. The average Bonchev–Trinajstić information content (AvgIpc) is 2.79. The minimum atomic E-state index is 0.441. The number of rotatable bonds is 5. The fraction of sp³-hybridized carbons (Fsp3) is 0.429. The van der Waals surface area contributed by atoms with Crippen LogP contribution in [0.25, 0.3) is 0 Å². The molecule has 0 radical (unpaired) electrons. The summed E-state index contributed by atoms with van der Waals surface area (Å²) in [6.45, 7) is 4.31. The summed E-state index contributed by atoms with van der Waals surface area (Å²) < 4.78 is 2.14. The van der Waals surface area contributed by atoms with Gasteiger partial charge in [0.2, 0.25) is 0 Å². The van der Waals surface area contributed by atoms with Crippen LogP contribution in [0.4, 0.5) is 0 Å². The standard InChI is InChI=1S/C14H19N3/c1-12(2)17-11-15-16-14(17)10-6-9-13-7-4-3-5-8-13/h3-5,7-8,11-12H,6,9-10H2,1-2H3. The highest BCUT2D eigenvalue weighted by molar-refractivity contribution is 5.14. The van der Waals surface area contributed by atoms with Crippen LogP contribution in [0.15, 0.2) is 36.7 Å². The number of benzene rings is 1. The largest absolute Gasteiger partial charge is 0.315 e. The third-order valence-electron chi connectivity index (χ3n) is 2.91. The number of hydrogen-bond donors (Lipinski definition) is 0. The Morgan fingerprint density at radius 1 is 1.12 bits per heavy atom. The summed E-state index contributed by atoms with van der Waals surface area (Å²) in [6.07, 6.45) is 5.04. The van der Waals surface area contributed by atoms with Crippen molar-refractivity contribution < 1.29 is 0 Å². The number of hydrogen-bond acceptors (Lipinski definition) is 2. The second-order valence-corrected chi connectivity index (χ2v) is 4.59. The van der Waals surface area contributed by atoms with Crippen molar-refractivity contribution in [3.05, 3.63) is 48.0 Å². The maximum Gasteiger partial charge on any atom is 0.133 e. The lowest BCUT2D eigenvalue weighted by Gasteiger charge is -2.09. The van der Waals surface area contributed by atoms with Crippen molar-refractivity contribution in [1.82, 2.24) is 14.8 Å². The van der Waals surface area contributed by atoms with Crippen LogP contribution in [0.1, 0.15) is 37.7 Å². The van der Waals surface area contributed by atoms with E-state index in [1.807, 2.05) is 6.33 Å². The van der Waals surface area contributed by atoms with Crippen molar-refractivity contribution in [2.75, 3.05) is 0 Å². The van der Waals surface area contributed by atoms with Crippen LogP contribution in [0.2, 0.25) is 0 Å². The molecule has 1 heterocycles. The Morgan fingerprint density at radius 2 is 1.88 bits per heavy atom. The Kier molecular flexibility index (Phi) is 3.91. The molecule has 0 aliphatic rings. The van der Waals surface area contributed by atoms with Crippen LogP contribution < -0.4 is 0 Å². The van der Waals surface area contributed by atoms with Gasteiger partial charge in [-0.2, -0.15) is 0 Å². The van der Waals surface area contributed by atoms with Crippen molar-refractivity contribution in [3.8, 4) is 0 Å². The van der Waals surface area contributed by atoms with Gasteiger partial charge in [-0.15, -0.1) is 10.2 Å². The van der Waals surface area contributed by atoms with Gasteiger partial charge in [-0.1, -0.05) is 30.3 Å². The van der Waals surface area contributed by atoms with Crippen molar-refractivity contribution in [3.63, 3.8) is 0 Å². The minimum Gasteiger partial charge on any atom is -0.315 e. The smallest absolute Gasteiger partial charge is 0.133 e. The predicted molar refractivity (Wildman–Crippen MR) is 68.9 cm³/mol. The molecule has 1 aromatic heterocycles. The zero-order valence-corrected chi connectivity index (χ0v) is 10.5. The van der Waals surface area contributed by atoms with Crippen LogP contribution in [0.3, 0.4) is 0 Å². The molecule has 2 aromatic rings. The molecule has 2 rings (SSSR count). The number of aryl methyl sites for hydroxylation is 2. The molecule has 1 aromatic carbocycles. The molecule has 0 fully saturated rings. The van der Waals surface area contributed by atoms with Crippen LogP contribution in [0.5, 0.6) is 0 Å². The molecule has 0 saturated carbocycles. The first-order valence-corrected chi connectivity index (χ1v) is 6.19. The van der Waals surface area contributed by atoms with E-state index in [2.05, 4.69) is 58.9 Å². The molecule has 90 valence electrons. The van der Waals surface area contributed by atoms with Gasteiger partial charge in [-0.25, -0.2) is 0 Å². The topological polar surface area (TPSA) is 30.7 Å². The van der Waals surface area contributed by atoms with Crippen molar-refractivity contribution in [2.24, 2.45) is 0 Å². The highest BCUT2D eigenvalue weighted by atomic mass is 15.3. The molecule has 3 heteroatoms. The molecule has 0 atom stereocenters. The van der Waals surface area contributed by atoms with E-state index >= 15 is 0 Å². The predicted octanol–water partition coefficient (Wildman–Crippen LogP) is 3.03. The summed E-state index contributed by atoms with van der Waals surface area (Å²) in [5, 5.41) is 8.16. The Hall–Kier alpha value is -1.64. The molecule has 0 amide bonds. The molecule has 0 bridgehead atoms. The monoisotopic (exact) mass is 229 g/mol. The van der Waals surface area contributed by atoms with Gasteiger partial charge in [0.05, 0.1) is 0 Å². The second kappa shape index (κ2) is 5.62. The quantitative estimate of drug-likeness (QED) is 0.789. The lowest BCUT2D eigenvalue weighted by atomic mass is 10.1. The van der Waals surface area contributed by atoms with Gasteiger partial charge >= 0.3 is 0 Å². The SMILES string of the molecule is CC(C)n1cnnc1CCCc1ccccc1. The third-order valence-corrected chi connectivity index (χ3v) is 2.91. The molecule has 0 aliphatic heterocycles.